The van der Waals surface area contributed by atoms with Crippen LogP contribution in [0, 0.1) is 0 Å². The van der Waals surface area contributed by atoms with Crippen LogP contribution in [0.4, 0.5) is 0 Å². The van der Waals surface area contributed by atoms with Crippen LogP contribution in [0.3, 0.4) is 0 Å². The summed E-state index contributed by atoms with van der Waals surface area (Å²) in [4.78, 5) is 9.08. The van der Waals surface area contributed by atoms with E-state index in [0.29, 0.717) is 25.2 Å². The van der Waals surface area contributed by atoms with Gasteiger partial charge in [0.1, 0.15) is 11.9 Å². The summed E-state index contributed by atoms with van der Waals surface area (Å²) in [5.74, 6) is 1.95. The number of hydrogen-bond acceptors (Lipinski definition) is 5. The van der Waals surface area contributed by atoms with E-state index in [0.717, 1.165) is 23.8 Å². The number of rotatable bonds is 9. The first-order valence-corrected chi connectivity index (χ1v) is 7.93. The van der Waals surface area contributed by atoms with Crippen LogP contribution in [-0.2, 0) is 11.3 Å². The summed E-state index contributed by atoms with van der Waals surface area (Å²) in [5.41, 5.74) is 0.948. The second-order valence-corrected chi connectivity index (χ2v) is 5.94. The average Bonchev–Trinajstić information content (AvgIpc) is 3.28. The molecule has 1 N–H and O–H groups in total. The minimum atomic E-state index is -0.00174. The number of hydrogen-bond donors (Lipinski definition) is 1. The number of aromatic nitrogens is 2. The van der Waals surface area contributed by atoms with E-state index >= 15 is 0 Å². The maximum atomic E-state index is 5.94. The molecular formula is C16H27N3O2. The Kier molecular flexibility index (Phi) is 5.94. The Morgan fingerprint density at radius 3 is 2.71 bits per heavy atom. The van der Waals surface area contributed by atoms with Crippen LogP contribution < -0.4 is 10.1 Å². The van der Waals surface area contributed by atoms with Crippen LogP contribution in [0.5, 0.6) is 5.75 Å². The molecule has 21 heavy (non-hydrogen) atoms. The minimum absolute atomic E-state index is 0.00174. The van der Waals surface area contributed by atoms with E-state index in [-0.39, 0.29) is 6.10 Å². The predicted octanol–water partition coefficient (Wildman–Crippen LogP) is 2.66. The van der Waals surface area contributed by atoms with Crippen molar-refractivity contribution in [1.82, 2.24) is 15.3 Å². The highest BCUT2D eigenvalue weighted by molar-refractivity contribution is 5.26. The molecule has 118 valence electrons. The molecule has 0 amide bonds. The van der Waals surface area contributed by atoms with Gasteiger partial charge in [-0.3, -0.25) is 0 Å². The third kappa shape index (κ3) is 5.25. The lowest BCUT2D eigenvalue weighted by Crippen LogP contribution is -2.23. The molecule has 0 aliphatic heterocycles. The lowest BCUT2D eigenvalue weighted by atomic mass is 10.2. The van der Waals surface area contributed by atoms with E-state index in [1.54, 1.807) is 6.20 Å². The molecule has 1 aliphatic carbocycles. The van der Waals surface area contributed by atoms with Crippen molar-refractivity contribution in [2.24, 2.45) is 0 Å². The Bertz CT molecular complexity index is 447. The van der Waals surface area contributed by atoms with Gasteiger partial charge >= 0.3 is 0 Å². The van der Waals surface area contributed by atoms with Gasteiger partial charge in [0.15, 0.2) is 5.75 Å². The van der Waals surface area contributed by atoms with Crippen LogP contribution in [0.2, 0.25) is 0 Å². The van der Waals surface area contributed by atoms with Crippen molar-refractivity contribution in [2.75, 3.05) is 13.2 Å². The van der Waals surface area contributed by atoms with E-state index in [1.807, 2.05) is 13.8 Å². The van der Waals surface area contributed by atoms with Gasteiger partial charge in [-0.2, -0.15) is 0 Å². The van der Waals surface area contributed by atoms with Crippen molar-refractivity contribution in [3.8, 4) is 5.75 Å². The van der Waals surface area contributed by atoms with E-state index in [4.69, 9.17) is 9.47 Å². The molecule has 0 aromatic carbocycles. The van der Waals surface area contributed by atoms with Crippen LogP contribution in [0.1, 0.15) is 58.0 Å². The van der Waals surface area contributed by atoms with E-state index in [1.165, 1.54) is 12.8 Å². The van der Waals surface area contributed by atoms with Crippen molar-refractivity contribution in [1.29, 1.82) is 0 Å². The largest absolute Gasteiger partial charge is 0.485 e. The summed E-state index contributed by atoms with van der Waals surface area (Å²) in [7, 11) is 0. The van der Waals surface area contributed by atoms with Crippen LogP contribution in [0.15, 0.2) is 6.20 Å². The van der Waals surface area contributed by atoms with Crippen molar-refractivity contribution in [3.63, 3.8) is 0 Å². The molecule has 1 heterocycles. The van der Waals surface area contributed by atoms with Gasteiger partial charge in [-0.05, 0) is 26.7 Å². The maximum absolute atomic E-state index is 5.94. The Morgan fingerprint density at radius 2 is 2.10 bits per heavy atom. The molecule has 1 aliphatic rings. The van der Waals surface area contributed by atoms with Crippen molar-refractivity contribution in [2.45, 2.75) is 65.1 Å². The molecule has 1 unspecified atom stereocenters. The highest BCUT2D eigenvalue weighted by Crippen LogP contribution is 2.23. The highest BCUT2D eigenvalue weighted by Gasteiger charge is 2.22. The summed E-state index contributed by atoms with van der Waals surface area (Å²) < 4.78 is 11.3. The quantitative estimate of drug-likeness (QED) is 0.758. The Morgan fingerprint density at radius 1 is 1.33 bits per heavy atom. The van der Waals surface area contributed by atoms with Gasteiger partial charge < -0.3 is 14.8 Å². The number of nitrogens with one attached hydrogen (secondary N) is 1. The third-order valence-corrected chi connectivity index (χ3v) is 3.38. The summed E-state index contributed by atoms with van der Waals surface area (Å²) in [6.45, 7) is 10.2. The van der Waals surface area contributed by atoms with Crippen LogP contribution >= 0.6 is 0 Å². The number of ether oxygens (including phenoxy) is 2. The molecule has 0 saturated heterocycles. The smallest absolute Gasteiger partial charge is 0.160 e. The first-order chi connectivity index (χ1) is 10.1. The zero-order valence-corrected chi connectivity index (χ0v) is 13.6. The molecular weight excluding hydrogens is 266 g/mol. The molecule has 0 radical (unpaired) electrons. The summed E-state index contributed by atoms with van der Waals surface area (Å²) in [6.07, 6.45) is 4.32. The van der Waals surface area contributed by atoms with Gasteiger partial charge in [-0.15, -0.1) is 0 Å². The van der Waals surface area contributed by atoms with Crippen LogP contribution in [-0.4, -0.2) is 35.3 Å². The fourth-order valence-corrected chi connectivity index (χ4v) is 1.99. The van der Waals surface area contributed by atoms with Gasteiger partial charge in [0.25, 0.3) is 0 Å². The minimum Gasteiger partial charge on any atom is -0.485 e. The standard InChI is InChI=1S/C16H27N3O2/c1-5-20-10-12(4)21-15-9-18-16(11(2)3)19-14(15)8-17-13-6-7-13/h9,11-13,17H,5-8,10H2,1-4H3. The van der Waals surface area contributed by atoms with Gasteiger partial charge in [0.2, 0.25) is 0 Å². The van der Waals surface area contributed by atoms with Crippen LogP contribution in [0.25, 0.3) is 0 Å². The Balaban J connectivity index is 2.05. The maximum Gasteiger partial charge on any atom is 0.160 e. The molecule has 5 heteroatoms. The van der Waals surface area contributed by atoms with E-state index in [9.17, 15) is 0 Å². The first kappa shape index (κ1) is 16.2. The second kappa shape index (κ2) is 7.71. The highest BCUT2D eigenvalue weighted by atomic mass is 16.5. The predicted molar refractivity (Wildman–Crippen MR) is 82.6 cm³/mol. The van der Waals surface area contributed by atoms with Crippen molar-refractivity contribution < 1.29 is 9.47 Å². The molecule has 1 fully saturated rings. The molecule has 1 saturated carbocycles. The SMILES string of the molecule is CCOCC(C)Oc1cnc(C(C)C)nc1CNC1CC1. The molecule has 5 nitrogen and oxygen atoms in total. The average molecular weight is 293 g/mol. The lowest BCUT2D eigenvalue weighted by Gasteiger charge is -2.18. The number of nitrogens with zero attached hydrogens (tertiary/aromatic N) is 2. The zero-order valence-electron chi connectivity index (χ0n) is 13.6. The van der Waals surface area contributed by atoms with Gasteiger partial charge in [-0.25, -0.2) is 9.97 Å². The van der Waals surface area contributed by atoms with Gasteiger partial charge in [0, 0.05) is 25.1 Å². The monoisotopic (exact) mass is 293 g/mol. The van der Waals surface area contributed by atoms with Gasteiger partial charge in [0.05, 0.1) is 18.5 Å². The molecule has 1 atom stereocenters. The third-order valence-electron chi connectivity index (χ3n) is 3.38. The van der Waals surface area contributed by atoms with E-state index < -0.39 is 0 Å². The zero-order chi connectivity index (χ0) is 15.2. The molecule has 1 aromatic heterocycles. The molecule has 1 aromatic rings. The topological polar surface area (TPSA) is 56.3 Å². The summed E-state index contributed by atoms with van der Waals surface area (Å²) in [6, 6.07) is 0.649. The summed E-state index contributed by atoms with van der Waals surface area (Å²) >= 11 is 0. The fourth-order valence-electron chi connectivity index (χ4n) is 1.99. The molecule has 0 bridgehead atoms. The van der Waals surface area contributed by atoms with Crippen molar-refractivity contribution >= 4 is 0 Å². The fraction of sp³-hybridized carbons (Fsp3) is 0.750. The summed E-state index contributed by atoms with van der Waals surface area (Å²) in [5, 5.41) is 3.49. The Labute approximate surface area is 127 Å². The van der Waals surface area contributed by atoms with E-state index in [2.05, 4.69) is 29.1 Å². The normalized spacial score (nSPS) is 16.2. The van der Waals surface area contributed by atoms with Crippen molar-refractivity contribution in [3.05, 3.63) is 17.7 Å². The first-order valence-electron chi connectivity index (χ1n) is 7.93. The van der Waals surface area contributed by atoms with Gasteiger partial charge in [-0.1, -0.05) is 13.8 Å². The molecule has 0 spiro atoms. The second-order valence-electron chi connectivity index (χ2n) is 5.94. The molecule has 2 rings (SSSR count). The lowest BCUT2D eigenvalue weighted by molar-refractivity contribution is 0.0646. The Hall–Kier alpha value is -1.20.